The van der Waals surface area contributed by atoms with E-state index < -0.39 is 0 Å². The molecule has 3 saturated carbocycles. The van der Waals surface area contributed by atoms with E-state index in [-0.39, 0.29) is 0 Å². The van der Waals surface area contributed by atoms with E-state index in [0.717, 1.165) is 17.0 Å². The molecule has 3 fully saturated rings. The molecule has 5 rings (SSSR count). The number of hydrogen-bond donors (Lipinski definition) is 0. The van der Waals surface area contributed by atoms with Crippen LogP contribution in [0.4, 0.5) is 0 Å². The molecule has 3 unspecified atom stereocenters. The summed E-state index contributed by atoms with van der Waals surface area (Å²) < 4.78 is 2.40. The van der Waals surface area contributed by atoms with Gasteiger partial charge < -0.3 is 4.57 Å². The summed E-state index contributed by atoms with van der Waals surface area (Å²) in [5.41, 5.74) is 3.37. The van der Waals surface area contributed by atoms with Crippen LogP contribution in [0.25, 0.3) is 11.0 Å². The second-order valence-electron chi connectivity index (χ2n) is 6.03. The van der Waals surface area contributed by atoms with Crippen molar-refractivity contribution in [2.45, 2.75) is 31.7 Å². The Bertz CT molecular complexity index is 687. The molecule has 3 aliphatic rings. The predicted molar refractivity (Wildman–Crippen MR) is 65.0 cm³/mol. The topological polar surface area (TPSA) is 30.7 Å². The molecule has 2 heterocycles. The van der Waals surface area contributed by atoms with Gasteiger partial charge in [0.05, 0.1) is 5.54 Å². The van der Waals surface area contributed by atoms with Crippen molar-refractivity contribution >= 4 is 22.6 Å². The molecule has 4 heteroatoms. The lowest BCUT2D eigenvalue weighted by atomic mass is 9.93. The molecule has 0 aliphatic heterocycles. The lowest BCUT2D eigenvalue weighted by molar-refractivity contribution is 0.286. The summed E-state index contributed by atoms with van der Waals surface area (Å²) in [6.45, 7) is 2.13. The van der Waals surface area contributed by atoms with E-state index in [0.29, 0.717) is 16.2 Å². The Kier molecular flexibility index (Phi) is 1.17. The summed E-state index contributed by atoms with van der Waals surface area (Å²) in [7, 11) is 0. The highest BCUT2D eigenvalue weighted by Crippen LogP contribution is 2.92. The number of nitrogens with zero attached hydrogens (tertiary/aromatic N) is 3. The monoisotopic (exact) mass is 245 g/mol. The fourth-order valence-electron chi connectivity index (χ4n) is 4.35. The van der Waals surface area contributed by atoms with Gasteiger partial charge in [0, 0.05) is 17.8 Å². The van der Waals surface area contributed by atoms with Gasteiger partial charge in [-0.25, -0.2) is 4.98 Å². The van der Waals surface area contributed by atoms with Crippen LogP contribution in [0.5, 0.6) is 0 Å². The fraction of sp³-hybridized carbons (Fsp3) is 0.538. The normalized spacial score (nSPS) is 40.7. The van der Waals surface area contributed by atoms with Gasteiger partial charge in [-0.2, -0.15) is 4.98 Å². The zero-order valence-electron chi connectivity index (χ0n) is 9.57. The maximum atomic E-state index is 5.93. The van der Waals surface area contributed by atoms with Gasteiger partial charge in [-0.05, 0) is 54.7 Å². The summed E-state index contributed by atoms with van der Waals surface area (Å²) in [6.07, 6.45) is 8.24. The number of halogens is 1. The van der Waals surface area contributed by atoms with E-state index in [1.54, 1.807) is 0 Å². The van der Waals surface area contributed by atoms with E-state index in [9.17, 15) is 0 Å². The average Bonchev–Trinajstić information content (AvgIpc) is 3.00. The van der Waals surface area contributed by atoms with Crippen molar-refractivity contribution in [1.82, 2.24) is 14.5 Å². The van der Waals surface area contributed by atoms with Crippen LogP contribution in [0.1, 0.15) is 24.8 Å². The van der Waals surface area contributed by atoms with E-state index in [1.165, 1.54) is 24.8 Å². The number of aromatic nitrogens is 3. The van der Waals surface area contributed by atoms with Crippen molar-refractivity contribution in [3.63, 3.8) is 0 Å². The van der Waals surface area contributed by atoms with Gasteiger partial charge in [-0.1, -0.05) is 0 Å². The van der Waals surface area contributed by atoms with Crippen molar-refractivity contribution in [3.8, 4) is 0 Å². The first-order chi connectivity index (χ1) is 8.16. The molecule has 3 atom stereocenters. The minimum absolute atomic E-state index is 0.356. The molecule has 3 aliphatic carbocycles. The standard InChI is InChI=1S/C13H12ClN3/c1-7-5-17(10-9(7)4-15-11(14)16-10)13-3-8-2-12(8,13)6-13/h4-5,8H,2-3,6H2,1H3. The third-order valence-electron chi connectivity index (χ3n) is 5.40. The van der Waals surface area contributed by atoms with Gasteiger partial charge in [0.15, 0.2) is 0 Å². The minimum atomic E-state index is 0.356. The van der Waals surface area contributed by atoms with Gasteiger partial charge in [-0.15, -0.1) is 0 Å². The quantitative estimate of drug-likeness (QED) is 0.724. The Morgan fingerprint density at radius 2 is 2.35 bits per heavy atom. The molecule has 17 heavy (non-hydrogen) atoms. The molecule has 0 amide bonds. The minimum Gasteiger partial charge on any atom is -0.325 e. The summed E-state index contributed by atoms with van der Waals surface area (Å²) in [5, 5.41) is 1.50. The summed E-state index contributed by atoms with van der Waals surface area (Å²) >= 11 is 5.93. The van der Waals surface area contributed by atoms with Crippen LogP contribution in [0.2, 0.25) is 5.28 Å². The van der Waals surface area contributed by atoms with E-state index >= 15 is 0 Å². The van der Waals surface area contributed by atoms with Gasteiger partial charge in [-0.3, -0.25) is 0 Å². The molecule has 86 valence electrons. The molecule has 2 aromatic heterocycles. The highest BCUT2D eigenvalue weighted by atomic mass is 35.5. The second-order valence-corrected chi connectivity index (χ2v) is 6.37. The number of aryl methyl sites for hydroxylation is 1. The maximum Gasteiger partial charge on any atom is 0.224 e. The summed E-state index contributed by atoms with van der Waals surface area (Å²) in [5.74, 6) is 1.01. The highest BCUT2D eigenvalue weighted by Gasteiger charge is 2.89. The van der Waals surface area contributed by atoms with Crippen molar-refractivity contribution in [2.75, 3.05) is 0 Å². The molecule has 1 spiro atoms. The molecule has 0 N–H and O–H groups in total. The van der Waals surface area contributed by atoms with Crippen molar-refractivity contribution in [1.29, 1.82) is 0 Å². The van der Waals surface area contributed by atoms with Crippen LogP contribution in [0, 0.1) is 18.3 Å². The SMILES string of the molecule is Cc1cn(C23CC4CC42C3)c2nc(Cl)ncc12. The molecular formula is C13H12ClN3. The van der Waals surface area contributed by atoms with E-state index in [2.05, 4.69) is 27.7 Å². The smallest absolute Gasteiger partial charge is 0.224 e. The van der Waals surface area contributed by atoms with Gasteiger partial charge in [0.1, 0.15) is 5.65 Å². The Morgan fingerprint density at radius 1 is 1.47 bits per heavy atom. The van der Waals surface area contributed by atoms with Gasteiger partial charge in [0.25, 0.3) is 0 Å². The lowest BCUT2D eigenvalue weighted by Gasteiger charge is -2.27. The molecule has 0 radical (unpaired) electrons. The van der Waals surface area contributed by atoms with Crippen LogP contribution < -0.4 is 0 Å². The second kappa shape index (κ2) is 2.24. The fourth-order valence-corrected chi connectivity index (χ4v) is 4.48. The molecule has 0 saturated heterocycles. The summed E-state index contributed by atoms with van der Waals surface area (Å²) in [4.78, 5) is 8.53. The Morgan fingerprint density at radius 3 is 3.00 bits per heavy atom. The van der Waals surface area contributed by atoms with Gasteiger partial charge >= 0.3 is 0 Å². The van der Waals surface area contributed by atoms with E-state index in [4.69, 9.17) is 11.6 Å². The Hall–Kier alpha value is -1.09. The first-order valence-corrected chi connectivity index (χ1v) is 6.55. The summed E-state index contributed by atoms with van der Waals surface area (Å²) in [6, 6.07) is 0. The first-order valence-electron chi connectivity index (χ1n) is 6.17. The Labute approximate surface area is 104 Å². The van der Waals surface area contributed by atoms with Crippen molar-refractivity contribution in [2.24, 2.45) is 11.3 Å². The maximum absolute atomic E-state index is 5.93. The largest absolute Gasteiger partial charge is 0.325 e. The predicted octanol–water partition coefficient (Wildman–Crippen LogP) is 2.90. The van der Waals surface area contributed by atoms with Crippen LogP contribution in [0.3, 0.4) is 0 Å². The zero-order valence-corrected chi connectivity index (χ0v) is 10.3. The van der Waals surface area contributed by atoms with Crippen LogP contribution >= 0.6 is 11.6 Å². The number of rotatable bonds is 1. The number of hydrogen-bond acceptors (Lipinski definition) is 2. The molecular weight excluding hydrogens is 234 g/mol. The highest BCUT2D eigenvalue weighted by molar-refractivity contribution is 6.28. The molecule has 0 bridgehead atoms. The van der Waals surface area contributed by atoms with Crippen LogP contribution in [0.15, 0.2) is 12.4 Å². The van der Waals surface area contributed by atoms with Crippen LogP contribution in [-0.4, -0.2) is 14.5 Å². The third kappa shape index (κ3) is 0.767. The molecule has 0 aromatic carbocycles. The number of fused-ring (bicyclic) bond motifs is 1. The van der Waals surface area contributed by atoms with Crippen LogP contribution in [-0.2, 0) is 5.54 Å². The first kappa shape index (κ1) is 8.92. The molecule has 2 aromatic rings. The molecule has 3 nitrogen and oxygen atoms in total. The Balaban J connectivity index is 1.81. The third-order valence-corrected chi connectivity index (χ3v) is 5.58. The zero-order chi connectivity index (χ0) is 11.4. The van der Waals surface area contributed by atoms with Gasteiger partial charge in [0.2, 0.25) is 5.28 Å². The van der Waals surface area contributed by atoms with Crippen molar-refractivity contribution in [3.05, 3.63) is 23.2 Å². The lowest BCUT2D eigenvalue weighted by Crippen LogP contribution is -2.28. The van der Waals surface area contributed by atoms with E-state index in [1.807, 2.05) is 6.20 Å². The van der Waals surface area contributed by atoms with Crippen molar-refractivity contribution < 1.29 is 0 Å². The average molecular weight is 246 g/mol.